The molecule has 1 rings (SSSR count). The van der Waals surface area contributed by atoms with Gasteiger partial charge >= 0.3 is 6.18 Å². The van der Waals surface area contributed by atoms with Gasteiger partial charge in [-0.15, -0.1) is 0 Å². The third-order valence-corrected chi connectivity index (χ3v) is 2.67. The minimum Gasteiger partial charge on any atom is -0.370 e. The lowest BCUT2D eigenvalue weighted by Crippen LogP contribution is -2.35. The van der Waals surface area contributed by atoms with Gasteiger partial charge in [0, 0.05) is 18.7 Å². The lowest BCUT2D eigenvalue weighted by Gasteiger charge is -2.26. The van der Waals surface area contributed by atoms with Crippen molar-refractivity contribution in [1.82, 2.24) is 9.97 Å². The SMILES string of the molecule is CCNc1ncnc(N(CC)CC(F)(F)F)c1CC. The third kappa shape index (κ3) is 4.25. The average molecular weight is 276 g/mol. The van der Waals surface area contributed by atoms with E-state index in [1.807, 2.05) is 13.8 Å². The summed E-state index contributed by atoms with van der Waals surface area (Å²) in [5, 5.41) is 3.05. The summed E-state index contributed by atoms with van der Waals surface area (Å²) in [6, 6.07) is 0. The molecule has 0 saturated heterocycles. The first-order chi connectivity index (χ1) is 8.92. The van der Waals surface area contributed by atoms with Gasteiger partial charge in [-0.05, 0) is 20.3 Å². The Labute approximate surface area is 111 Å². The molecule has 0 radical (unpaired) electrons. The van der Waals surface area contributed by atoms with Gasteiger partial charge in [-0.2, -0.15) is 13.2 Å². The minimum atomic E-state index is -4.25. The van der Waals surface area contributed by atoms with E-state index in [9.17, 15) is 13.2 Å². The van der Waals surface area contributed by atoms with Crippen molar-refractivity contribution in [3.63, 3.8) is 0 Å². The van der Waals surface area contributed by atoms with Crippen molar-refractivity contribution in [1.29, 1.82) is 0 Å². The molecule has 1 aromatic rings. The van der Waals surface area contributed by atoms with E-state index in [-0.39, 0.29) is 6.54 Å². The highest BCUT2D eigenvalue weighted by Crippen LogP contribution is 2.27. The molecule has 108 valence electrons. The molecule has 0 aromatic carbocycles. The number of rotatable bonds is 6. The zero-order valence-electron chi connectivity index (χ0n) is 11.4. The van der Waals surface area contributed by atoms with Crippen LogP contribution < -0.4 is 10.2 Å². The van der Waals surface area contributed by atoms with Crippen molar-refractivity contribution in [2.75, 3.05) is 29.9 Å². The molecule has 0 fully saturated rings. The summed E-state index contributed by atoms with van der Waals surface area (Å²) in [4.78, 5) is 9.33. The first kappa shape index (κ1) is 15.5. The van der Waals surface area contributed by atoms with Crippen molar-refractivity contribution in [3.05, 3.63) is 11.9 Å². The lowest BCUT2D eigenvalue weighted by atomic mass is 10.2. The summed E-state index contributed by atoms with van der Waals surface area (Å²) in [6.45, 7) is 5.38. The smallest absolute Gasteiger partial charge is 0.370 e. The van der Waals surface area contributed by atoms with Gasteiger partial charge in [0.15, 0.2) is 0 Å². The number of halogens is 3. The Hall–Kier alpha value is -1.53. The Bertz CT molecular complexity index is 406. The van der Waals surface area contributed by atoms with Gasteiger partial charge in [-0.25, -0.2) is 9.97 Å². The standard InChI is InChI=1S/C12H19F3N4/c1-4-9-10(16-5-2)17-8-18-11(9)19(6-3)7-12(13,14)15/h8H,4-7H2,1-3H3,(H,16,17,18). The van der Waals surface area contributed by atoms with Crippen molar-refractivity contribution in [3.8, 4) is 0 Å². The predicted octanol–water partition coefficient (Wildman–Crippen LogP) is 2.86. The molecule has 0 aliphatic heterocycles. The molecule has 0 spiro atoms. The summed E-state index contributed by atoms with van der Waals surface area (Å²) in [5.74, 6) is 0.962. The molecule has 19 heavy (non-hydrogen) atoms. The van der Waals surface area contributed by atoms with Gasteiger partial charge < -0.3 is 10.2 Å². The molecule has 0 saturated carbocycles. The van der Waals surface area contributed by atoms with Crippen molar-refractivity contribution < 1.29 is 13.2 Å². The number of nitrogens with zero attached hydrogens (tertiary/aromatic N) is 3. The van der Waals surface area contributed by atoms with Crippen LogP contribution in [0.5, 0.6) is 0 Å². The summed E-state index contributed by atoms with van der Waals surface area (Å²) >= 11 is 0. The molecule has 7 heteroatoms. The molecule has 0 aliphatic carbocycles. The zero-order chi connectivity index (χ0) is 14.5. The molecule has 0 amide bonds. The molecule has 0 bridgehead atoms. The second kappa shape index (κ2) is 6.58. The highest BCUT2D eigenvalue weighted by Gasteiger charge is 2.31. The number of nitrogens with one attached hydrogen (secondary N) is 1. The summed E-state index contributed by atoms with van der Waals surface area (Å²) < 4.78 is 37.7. The fourth-order valence-electron chi connectivity index (χ4n) is 1.87. The number of anilines is 2. The fraction of sp³-hybridized carbons (Fsp3) is 0.667. The monoisotopic (exact) mass is 276 g/mol. The van der Waals surface area contributed by atoms with E-state index in [2.05, 4.69) is 15.3 Å². The Morgan fingerprint density at radius 1 is 1.21 bits per heavy atom. The zero-order valence-corrected chi connectivity index (χ0v) is 11.4. The number of hydrogen-bond acceptors (Lipinski definition) is 4. The largest absolute Gasteiger partial charge is 0.405 e. The Kier molecular flexibility index (Phi) is 5.38. The first-order valence-electron chi connectivity index (χ1n) is 6.32. The Balaban J connectivity index is 3.12. The number of aromatic nitrogens is 2. The van der Waals surface area contributed by atoms with Crippen LogP contribution in [0.2, 0.25) is 0 Å². The van der Waals surface area contributed by atoms with Crippen molar-refractivity contribution in [2.24, 2.45) is 0 Å². The Morgan fingerprint density at radius 3 is 2.37 bits per heavy atom. The van der Waals surface area contributed by atoms with E-state index < -0.39 is 12.7 Å². The summed E-state index contributed by atoms with van der Waals surface area (Å²) in [7, 11) is 0. The van der Waals surface area contributed by atoms with Crippen LogP contribution in [0, 0.1) is 0 Å². The average Bonchev–Trinajstić information content (AvgIpc) is 2.35. The van der Waals surface area contributed by atoms with E-state index in [1.165, 1.54) is 11.2 Å². The van der Waals surface area contributed by atoms with E-state index in [0.29, 0.717) is 24.6 Å². The lowest BCUT2D eigenvalue weighted by molar-refractivity contribution is -0.119. The highest BCUT2D eigenvalue weighted by molar-refractivity contribution is 5.58. The molecular formula is C12H19F3N4. The van der Waals surface area contributed by atoms with Crippen LogP contribution in [0.1, 0.15) is 26.3 Å². The quantitative estimate of drug-likeness (QED) is 0.867. The van der Waals surface area contributed by atoms with Crippen molar-refractivity contribution in [2.45, 2.75) is 33.4 Å². The summed E-state index contributed by atoms with van der Waals surface area (Å²) in [5.41, 5.74) is 0.718. The topological polar surface area (TPSA) is 41.1 Å². The van der Waals surface area contributed by atoms with E-state index >= 15 is 0 Å². The van der Waals surface area contributed by atoms with Gasteiger partial charge in [-0.3, -0.25) is 0 Å². The molecule has 1 heterocycles. The summed E-state index contributed by atoms with van der Waals surface area (Å²) in [6.07, 6.45) is -2.37. The van der Waals surface area contributed by atoms with Gasteiger partial charge in [-0.1, -0.05) is 6.92 Å². The highest BCUT2D eigenvalue weighted by atomic mass is 19.4. The first-order valence-corrected chi connectivity index (χ1v) is 6.32. The molecule has 1 N–H and O–H groups in total. The van der Waals surface area contributed by atoms with E-state index in [4.69, 9.17) is 0 Å². The molecule has 0 atom stereocenters. The van der Waals surface area contributed by atoms with Crippen LogP contribution in [-0.4, -0.2) is 35.8 Å². The maximum absolute atomic E-state index is 12.6. The normalized spacial score (nSPS) is 11.5. The van der Waals surface area contributed by atoms with Crippen LogP contribution in [0.25, 0.3) is 0 Å². The second-order valence-electron chi connectivity index (χ2n) is 4.04. The van der Waals surface area contributed by atoms with Gasteiger partial charge in [0.2, 0.25) is 0 Å². The molecule has 0 aliphatic rings. The van der Waals surface area contributed by atoms with Crippen LogP contribution in [-0.2, 0) is 6.42 Å². The molecule has 1 aromatic heterocycles. The van der Waals surface area contributed by atoms with E-state index in [1.54, 1.807) is 6.92 Å². The van der Waals surface area contributed by atoms with Gasteiger partial charge in [0.25, 0.3) is 0 Å². The van der Waals surface area contributed by atoms with Crippen LogP contribution >= 0.6 is 0 Å². The molecule has 4 nitrogen and oxygen atoms in total. The molecular weight excluding hydrogens is 257 g/mol. The number of hydrogen-bond donors (Lipinski definition) is 1. The fourth-order valence-corrected chi connectivity index (χ4v) is 1.87. The number of alkyl halides is 3. The van der Waals surface area contributed by atoms with Crippen molar-refractivity contribution >= 4 is 11.6 Å². The Morgan fingerprint density at radius 2 is 1.89 bits per heavy atom. The third-order valence-electron chi connectivity index (χ3n) is 2.67. The maximum atomic E-state index is 12.6. The second-order valence-corrected chi connectivity index (χ2v) is 4.04. The van der Waals surface area contributed by atoms with Gasteiger partial charge in [0.05, 0.1) is 0 Å². The minimum absolute atomic E-state index is 0.245. The van der Waals surface area contributed by atoms with Crippen LogP contribution in [0.15, 0.2) is 6.33 Å². The predicted molar refractivity (Wildman–Crippen MR) is 69.5 cm³/mol. The van der Waals surface area contributed by atoms with Gasteiger partial charge in [0.1, 0.15) is 24.5 Å². The van der Waals surface area contributed by atoms with Crippen LogP contribution in [0.4, 0.5) is 24.8 Å². The maximum Gasteiger partial charge on any atom is 0.405 e. The molecule has 0 unspecified atom stereocenters. The van der Waals surface area contributed by atoms with E-state index in [0.717, 1.165) is 5.56 Å². The van der Waals surface area contributed by atoms with Crippen LogP contribution in [0.3, 0.4) is 0 Å².